The average Bonchev–Trinajstić information content (AvgIpc) is 3.21. The molecule has 152 valence electrons. The first-order chi connectivity index (χ1) is 14.7. The molecule has 4 rings (SSSR count). The first-order valence-electron chi connectivity index (χ1n) is 10.5. The Bertz CT molecular complexity index is 995. The Hall–Kier alpha value is -2.80. The molecule has 3 aromatic rings. The van der Waals surface area contributed by atoms with E-state index in [1.165, 1.54) is 5.56 Å². The van der Waals surface area contributed by atoms with Crippen LogP contribution in [0.1, 0.15) is 16.7 Å². The first kappa shape index (κ1) is 20.5. The van der Waals surface area contributed by atoms with E-state index in [-0.39, 0.29) is 0 Å². The van der Waals surface area contributed by atoms with E-state index >= 15 is 0 Å². The van der Waals surface area contributed by atoms with Crippen molar-refractivity contribution in [2.24, 2.45) is 11.8 Å². The second-order valence-electron chi connectivity index (χ2n) is 8.04. The van der Waals surface area contributed by atoms with Crippen LogP contribution >= 0.6 is 11.6 Å². The molecule has 0 aromatic heterocycles. The van der Waals surface area contributed by atoms with Gasteiger partial charge in [-0.2, -0.15) is 5.26 Å². The number of hydrogen-bond acceptors (Lipinski definition) is 3. The Morgan fingerprint density at radius 1 is 0.900 bits per heavy atom. The zero-order chi connectivity index (χ0) is 20.8. The zero-order valence-corrected chi connectivity index (χ0v) is 17.7. The maximum atomic E-state index is 9.26. The van der Waals surface area contributed by atoms with Crippen molar-refractivity contribution in [2.75, 3.05) is 24.5 Å². The van der Waals surface area contributed by atoms with Crippen LogP contribution in [0.15, 0.2) is 78.9 Å². The maximum absolute atomic E-state index is 9.26. The SMILES string of the molecule is N#Cc1cccc(CN(CC2CNCC2Cc2ccccc2)c2ccc(Cl)cc2)c1. The molecule has 0 radical (unpaired) electrons. The molecule has 0 saturated carbocycles. The molecule has 3 aromatic carbocycles. The lowest BCUT2D eigenvalue weighted by atomic mass is 9.89. The van der Waals surface area contributed by atoms with Gasteiger partial charge in [0.2, 0.25) is 0 Å². The second kappa shape index (κ2) is 9.80. The van der Waals surface area contributed by atoms with Crippen molar-refractivity contribution < 1.29 is 0 Å². The van der Waals surface area contributed by atoms with Crippen molar-refractivity contribution >= 4 is 17.3 Å². The molecule has 1 N–H and O–H groups in total. The van der Waals surface area contributed by atoms with E-state index in [1.54, 1.807) is 0 Å². The Morgan fingerprint density at radius 3 is 2.40 bits per heavy atom. The van der Waals surface area contributed by atoms with Crippen molar-refractivity contribution in [3.8, 4) is 6.07 Å². The molecule has 1 aliphatic heterocycles. The number of nitriles is 1. The van der Waals surface area contributed by atoms with E-state index < -0.39 is 0 Å². The molecule has 4 heteroatoms. The van der Waals surface area contributed by atoms with E-state index in [0.717, 1.165) is 48.9 Å². The standard InChI is InChI=1S/C26H26ClN3/c27-25-9-11-26(12-10-25)30(18-22-8-4-7-21(13-22)15-28)19-24-17-29-16-23(24)14-20-5-2-1-3-6-20/h1-13,23-24,29H,14,16-19H2. The highest BCUT2D eigenvalue weighted by Gasteiger charge is 2.29. The van der Waals surface area contributed by atoms with Gasteiger partial charge in [-0.25, -0.2) is 0 Å². The van der Waals surface area contributed by atoms with Crippen molar-refractivity contribution in [3.05, 3.63) is 101 Å². The summed E-state index contributed by atoms with van der Waals surface area (Å²) >= 11 is 6.14. The molecule has 0 amide bonds. The third-order valence-electron chi connectivity index (χ3n) is 5.90. The van der Waals surface area contributed by atoms with Crippen molar-refractivity contribution in [1.29, 1.82) is 5.26 Å². The molecular weight excluding hydrogens is 390 g/mol. The van der Waals surface area contributed by atoms with Gasteiger partial charge in [-0.15, -0.1) is 0 Å². The molecule has 1 fully saturated rings. The van der Waals surface area contributed by atoms with Crippen LogP contribution in [0, 0.1) is 23.2 Å². The topological polar surface area (TPSA) is 39.1 Å². The number of benzene rings is 3. The second-order valence-corrected chi connectivity index (χ2v) is 8.47. The summed E-state index contributed by atoms with van der Waals surface area (Å²) in [4.78, 5) is 2.42. The summed E-state index contributed by atoms with van der Waals surface area (Å²) in [5.74, 6) is 1.16. The molecule has 1 saturated heterocycles. The summed E-state index contributed by atoms with van der Waals surface area (Å²) in [6.45, 7) is 3.81. The molecular formula is C26H26ClN3. The molecule has 0 aliphatic carbocycles. The monoisotopic (exact) mass is 415 g/mol. The first-order valence-corrected chi connectivity index (χ1v) is 10.8. The van der Waals surface area contributed by atoms with Gasteiger partial charge in [0.15, 0.2) is 0 Å². The van der Waals surface area contributed by atoms with Crippen LogP contribution in [-0.4, -0.2) is 19.6 Å². The summed E-state index contributed by atoms with van der Waals surface area (Å²) in [6, 6.07) is 29.0. The number of halogens is 1. The maximum Gasteiger partial charge on any atom is 0.0991 e. The third kappa shape index (κ3) is 5.21. The summed E-state index contributed by atoms with van der Waals surface area (Å²) in [5.41, 5.74) is 4.41. The Balaban J connectivity index is 1.54. The van der Waals surface area contributed by atoms with E-state index in [9.17, 15) is 5.26 Å². The van der Waals surface area contributed by atoms with Crippen LogP contribution in [0.4, 0.5) is 5.69 Å². The van der Waals surface area contributed by atoms with Crippen molar-refractivity contribution in [2.45, 2.75) is 13.0 Å². The highest BCUT2D eigenvalue weighted by Crippen LogP contribution is 2.27. The summed E-state index contributed by atoms with van der Waals surface area (Å²) in [6.07, 6.45) is 1.09. The lowest BCUT2D eigenvalue weighted by Crippen LogP contribution is -2.33. The number of nitrogens with one attached hydrogen (secondary N) is 1. The van der Waals surface area contributed by atoms with Crippen molar-refractivity contribution in [1.82, 2.24) is 5.32 Å². The molecule has 1 aliphatic rings. The summed E-state index contributed by atoms with van der Waals surface area (Å²) in [7, 11) is 0. The van der Waals surface area contributed by atoms with Crippen LogP contribution in [0.25, 0.3) is 0 Å². The lowest BCUT2D eigenvalue weighted by Gasteiger charge is -2.30. The quantitative estimate of drug-likeness (QED) is 0.569. The minimum absolute atomic E-state index is 0.556. The molecule has 2 atom stereocenters. The van der Waals surface area contributed by atoms with Gasteiger partial charge in [0.1, 0.15) is 0 Å². The van der Waals surface area contributed by atoms with Gasteiger partial charge in [0, 0.05) is 23.8 Å². The Labute approximate surface area is 183 Å². The fourth-order valence-corrected chi connectivity index (χ4v) is 4.44. The Morgan fingerprint density at radius 2 is 1.63 bits per heavy atom. The number of rotatable bonds is 7. The smallest absolute Gasteiger partial charge is 0.0991 e. The van der Waals surface area contributed by atoms with Gasteiger partial charge >= 0.3 is 0 Å². The lowest BCUT2D eigenvalue weighted by molar-refractivity contribution is 0.413. The minimum Gasteiger partial charge on any atom is -0.367 e. The van der Waals surface area contributed by atoms with Crippen LogP contribution in [0.5, 0.6) is 0 Å². The largest absolute Gasteiger partial charge is 0.367 e. The molecule has 0 spiro atoms. The van der Waals surface area contributed by atoms with E-state index in [2.05, 4.69) is 64.8 Å². The Kier molecular flexibility index (Phi) is 6.69. The van der Waals surface area contributed by atoms with Crippen molar-refractivity contribution in [3.63, 3.8) is 0 Å². The van der Waals surface area contributed by atoms with Gasteiger partial charge in [0.05, 0.1) is 11.6 Å². The van der Waals surface area contributed by atoms with E-state index in [1.807, 2.05) is 30.3 Å². The van der Waals surface area contributed by atoms with Gasteiger partial charge in [-0.1, -0.05) is 54.1 Å². The van der Waals surface area contributed by atoms with Crippen LogP contribution in [0.2, 0.25) is 5.02 Å². The van der Waals surface area contributed by atoms with Gasteiger partial charge < -0.3 is 10.2 Å². The summed E-state index contributed by atoms with van der Waals surface area (Å²) in [5, 5.41) is 13.6. The fourth-order valence-electron chi connectivity index (χ4n) is 4.31. The van der Waals surface area contributed by atoms with Crippen LogP contribution in [0.3, 0.4) is 0 Å². The fraction of sp³-hybridized carbons (Fsp3) is 0.269. The van der Waals surface area contributed by atoms with Crippen LogP contribution < -0.4 is 10.2 Å². The normalized spacial score (nSPS) is 18.1. The molecule has 1 heterocycles. The molecule has 3 nitrogen and oxygen atoms in total. The molecule has 2 unspecified atom stereocenters. The highest BCUT2D eigenvalue weighted by atomic mass is 35.5. The van der Waals surface area contributed by atoms with E-state index in [4.69, 9.17) is 11.6 Å². The van der Waals surface area contributed by atoms with E-state index in [0.29, 0.717) is 17.4 Å². The van der Waals surface area contributed by atoms with Gasteiger partial charge in [-0.3, -0.25) is 0 Å². The number of anilines is 1. The van der Waals surface area contributed by atoms with Gasteiger partial charge in [0.25, 0.3) is 0 Å². The predicted octanol–water partition coefficient (Wildman–Crippen LogP) is 5.30. The predicted molar refractivity (Wildman–Crippen MR) is 124 cm³/mol. The minimum atomic E-state index is 0.556. The average molecular weight is 416 g/mol. The summed E-state index contributed by atoms with van der Waals surface area (Å²) < 4.78 is 0. The molecule has 30 heavy (non-hydrogen) atoms. The third-order valence-corrected chi connectivity index (χ3v) is 6.15. The van der Waals surface area contributed by atoms with Crippen LogP contribution in [-0.2, 0) is 13.0 Å². The number of hydrogen-bond donors (Lipinski definition) is 1. The number of nitrogens with zero attached hydrogens (tertiary/aromatic N) is 2. The zero-order valence-electron chi connectivity index (χ0n) is 17.0. The molecule has 0 bridgehead atoms. The highest BCUT2D eigenvalue weighted by molar-refractivity contribution is 6.30. The van der Waals surface area contributed by atoms with Gasteiger partial charge in [-0.05, 0) is 78.9 Å².